The van der Waals surface area contributed by atoms with Crippen LogP contribution >= 0.6 is 15.9 Å². The van der Waals surface area contributed by atoms with E-state index in [0.717, 1.165) is 15.4 Å². The number of hydrogen-bond acceptors (Lipinski definition) is 3. The first kappa shape index (κ1) is 15.8. The van der Waals surface area contributed by atoms with Crippen LogP contribution in [0.25, 0.3) is 10.9 Å². The van der Waals surface area contributed by atoms with Crippen LogP contribution in [0.15, 0.2) is 28.7 Å². The van der Waals surface area contributed by atoms with Gasteiger partial charge in [-0.25, -0.2) is 9.78 Å². The predicted molar refractivity (Wildman–Crippen MR) is 88.8 cm³/mol. The zero-order valence-electron chi connectivity index (χ0n) is 12.7. The highest BCUT2D eigenvalue weighted by Crippen LogP contribution is 2.29. The molecule has 0 spiro atoms. The molecule has 0 unspecified atom stereocenters. The van der Waals surface area contributed by atoms with Crippen LogP contribution in [0.5, 0.6) is 0 Å². The van der Waals surface area contributed by atoms with Gasteiger partial charge < -0.3 is 4.74 Å². The molecule has 1 amide bonds. The number of pyridine rings is 1. The van der Waals surface area contributed by atoms with Crippen molar-refractivity contribution in [2.24, 2.45) is 0 Å². The van der Waals surface area contributed by atoms with Crippen molar-refractivity contribution in [3.05, 3.63) is 34.3 Å². The topological polar surface area (TPSA) is 51.2 Å². The summed E-state index contributed by atoms with van der Waals surface area (Å²) in [4.78, 5) is 16.0. The van der Waals surface area contributed by atoms with Crippen molar-refractivity contribution in [2.45, 2.75) is 33.1 Å². The lowest BCUT2D eigenvalue weighted by Gasteiger charge is -2.19. The van der Waals surface area contributed by atoms with Crippen LogP contribution in [0.1, 0.15) is 33.3 Å². The van der Waals surface area contributed by atoms with Crippen molar-refractivity contribution in [2.75, 3.05) is 11.9 Å². The summed E-state index contributed by atoms with van der Waals surface area (Å²) in [6.07, 6.45) is -0.503. The largest absolute Gasteiger partial charge is 0.450 e. The second kappa shape index (κ2) is 6.02. The van der Waals surface area contributed by atoms with Crippen molar-refractivity contribution >= 4 is 38.7 Å². The van der Waals surface area contributed by atoms with E-state index < -0.39 is 6.09 Å². The number of halogens is 1. The first-order valence-corrected chi connectivity index (χ1v) is 7.65. The van der Waals surface area contributed by atoms with Gasteiger partial charge in [0, 0.05) is 5.39 Å². The molecule has 5 heteroatoms. The van der Waals surface area contributed by atoms with E-state index in [4.69, 9.17) is 4.74 Å². The van der Waals surface area contributed by atoms with Crippen LogP contribution in [-0.4, -0.2) is 17.7 Å². The summed E-state index contributed by atoms with van der Waals surface area (Å²) < 4.78 is 5.60. The molecule has 0 bridgehead atoms. The van der Waals surface area contributed by atoms with Gasteiger partial charge >= 0.3 is 6.09 Å². The molecule has 1 aromatic heterocycles. The molecule has 2 rings (SSSR count). The molecule has 1 N–H and O–H groups in total. The third-order valence-electron chi connectivity index (χ3n) is 3.13. The molecule has 0 aliphatic heterocycles. The zero-order chi connectivity index (χ0) is 15.6. The Morgan fingerprint density at radius 2 is 2.05 bits per heavy atom. The predicted octanol–water partition coefficient (Wildman–Crippen LogP) is 4.86. The maximum absolute atomic E-state index is 11.5. The standard InChI is InChI=1S/C16H19BrN2O2/c1-5-21-15(20)19-14-12(17)9-10-8-11(16(2,3)4)6-7-13(10)18-14/h6-9H,5H2,1-4H3,(H,18,19,20). The fourth-order valence-electron chi connectivity index (χ4n) is 1.97. The number of aromatic nitrogens is 1. The molecule has 0 atom stereocenters. The second-order valence-electron chi connectivity index (χ2n) is 5.82. The Bertz CT molecular complexity index is 678. The highest BCUT2D eigenvalue weighted by Gasteiger charge is 2.15. The molecule has 1 heterocycles. The number of fused-ring (bicyclic) bond motifs is 1. The second-order valence-corrected chi connectivity index (χ2v) is 6.68. The van der Waals surface area contributed by atoms with Gasteiger partial charge in [-0.05, 0) is 52.0 Å². The Morgan fingerprint density at radius 3 is 2.67 bits per heavy atom. The van der Waals surface area contributed by atoms with Gasteiger partial charge in [-0.2, -0.15) is 0 Å². The molecule has 2 aromatic rings. The van der Waals surface area contributed by atoms with E-state index in [9.17, 15) is 4.79 Å². The fourth-order valence-corrected chi connectivity index (χ4v) is 2.40. The van der Waals surface area contributed by atoms with Gasteiger partial charge in [0.1, 0.15) is 5.82 Å². The van der Waals surface area contributed by atoms with Crippen LogP contribution in [0.2, 0.25) is 0 Å². The van der Waals surface area contributed by atoms with E-state index in [-0.39, 0.29) is 5.41 Å². The number of anilines is 1. The lowest BCUT2D eigenvalue weighted by Crippen LogP contribution is -2.15. The molecule has 0 saturated heterocycles. The number of rotatable bonds is 2. The summed E-state index contributed by atoms with van der Waals surface area (Å²) in [5.41, 5.74) is 2.16. The van der Waals surface area contributed by atoms with E-state index in [0.29, 0.717) is 12.4 Å². The summed E-state index contributed by atoms with van der Waals surface area (Å²) in [7, 11) is 0. The number of carbonyl (C=O) groups is 1. The molecule has 0 aliphatic rings. The highest BCUT2D eigenvalue weighted by atomic mass is 79.9. The van der Waals surface area contributed by atoms with Gasteiger partial charge in [0.25, 0.3) is 0 Å². The molecule has 112 valence electrons. The lowest BCUT2D eigenvalue weighted by atomic mass is 9.86. The average Bonchev–Trinajstić information content (AvgIpc) is 2.38. The Hall–Kier alpha value is -1.62. The third-order valence-corrected chi connectivity index (χ3v) is 3.73. The molecular weight excluding hydrogens is 332 g/mol. The number of amides is 1. The van der Waals surface area contributed by atoms with Crippen LogP contribution in [0, 0.1) is 0 Å². The molecule has 0 fully saturated rings. The molecule has 4 nitrogen and oxygen atoms in total. The molecule has 1 aromatic carbocycles. The summed E-state index contributed by atoms with van der Waals surface area (Å²) in [6, 6.07) is 8.12. The first-order valence-electron chi connectivity index (χ1n) is 6.86. The Labute approximate surface area is 133 Å². The number of carbonyl (C=O) groups excluding carboxylic acids is 1. The summed E-state index contributed by atoms with van der Waals surface area (Å²) in [6.45, 7) is 8.61. The summed E-state index contributed by atoms with van der Waals surface area (Å²) in [5, 5.41) is 3.66. The number of hydrogen-bond donors (Lipinski definition) is 1. The fraction of sp³-hybridized carbons (Fsp3) is 0.375. The quantitative estimate of drug-likeness (QED) is 0.840. The van der Waals surface area contributed by atoms with E-state index >= 15 is 0 Å². The van der Waals surface area contributed by atoms with Crippen LogP contribution in [0.4, 0.5) is 10.6 Å². The van der Waals surface area contributed by atoms with Crippen molar-refractivity contribution in [3.63, 3.8) is 0 Å². The van der Waals surface area contributed by atoms with Gasteiger partial charge in [-0.15, -0.1) is 0 Å². The first-order chi connectivity index (χ1) is 9.81. The van der Waals surface area contributed by atoms with Gasteiger partial charge in [-0.1, -0.05) is 26.8 Å². The van der Waals surface area contributed by atoms with Gasteiger partial charge in [0.15, 0.2) is 0 Å². The van der Waals surface area contributed by atoms with Gasteiger partial charge in [0.05, 0.1) is 16.6 Å². The van der Waals surface area contributed by atoms with E-state index in [1.165, 1.54) is 5.56 Å². The lowest BCUT2D eigenvalue weighted by molar-refractivity contribution is 0.168. The summed E-state index contributed by atoms with van der Waals surface area (Å²) >= 11 is 3.44. The Morgan fingerprint density at radius 1 is 1.33 bits per heavy atom. The number of nitrogens with one attached hydrogen (secondary N) is 1. The molecule has 21 heavy (non-hydrogen) atoms. The SMILES string of the molecule is CCOC(=O)Nc1nc2ccc(C(C)(C)C)cc2cc1Br. The maximum atomic E-state index is 11.5. The number of ether oxygens (including phenoxy) is 1. The van der Waals surface area contributed by atoms with Crippen LogP contribution in [-0.2, 0) is 10.2 Å². The molecule has 0 aliphatic carbocycles. The van der Waals surface area contributed by atoms with Gasteiger partial charge in [-0.3, -0.25) is 5.32 Å². The normalized spacial score (nSPS) is 11.5. The number of benzene rings is 1. The van der Waals surface area contributed by atoms with E-state index in [1.807, 2.05) is 12.1 Å². The smallest absolute Gasteiger partial charge is 0.412 e. The zero-order valence-corrected chi connectivity index (χ0v) is 14.2. The molecule has 0 saturated carbocycles. The minimum absolute atomic E-state index is 0.0858. The van der Waals surface area contributed by atoms with Crippen molar-refractivity contribution < 1.29 is 9.53 Å². The summed E-state index contributed by atoms with van der Waals surface area (Å²) in [5.74, 6) is 0.462. The van der Waals surface area contributed by atoms with E-state index in [1.54, 1.807) is 6.92 Å². The van der Waals surface area contributed by atoms with E-state index in [2.05, 4.69) is 59.1 Å². The van der Waals surface area contributed by atoms with Crippen LogP contribution < -0.4 is 5.32 Å². The monoisotopic (exact) mass is 350 g/mol. The minimum Gasteiger partial charge on any atom is -0.450 e. The van der Waals surface area contributed by atoms with Crippen molar-refractivity contribution in [1.29, 1.82) is 0 Å². The highest BCUT2D eigenvalue weighted by molar-refractivity contribution is 9.10. The third kappa shape index (κ3) is 3.73. The van der Waals surface area contributed by atoms with Crippen molar-refractivity contribution in [3.8, 4) is 0 Å². The average molecular weight is 351 g/mol. The maximum Gasteiger partial charge on any atom is 0.412 e. The Balaban J connectivity index is 2.40. The van der Waals surface area contributed by atoms with Crippen LogP contribution in [0.3, 0.4) is 0 Å². The number of nitrogens with zero attached hydrogens (tertiary/aromatic N) is 1. The van der Waals surface area contributed by atoms with Crippen molar-refractivity contribution in [1.82, 2.24) is 4.98 Å². The Kier molecular flexibility index (Phi) is 4.52. The molecule has 0 radical (unpaired) electrons. The minimum atomic E-state index is -0.503. The van der Waals surface area contributed by atoms with Gasteiger partial charge in [0.2, 0.25) is 0 Å². The molecular formula is C16H19BrN2O2.